The summed E-state index contributed by atoms with van der Waals surface area (Å²) in [4.78, 5) is 11.9. The van der Waals surface area contributed by atoms with E-state index in [1.165, 1.54) is 0 Å². The van der Waals surface area contributed by atoms with Gasteiger partial charge in [0.25, 0.3) is 5.91 Å². The van der Waals surface area contributed by atoms with Crippen molar-refractivity contribution in [1.29, 1.82) is 0 Å². The van der Waals surface area contributed by atoms with Crippen molar-refractivity contribution < 1.29 is 14.4 Å². The lowest BCUT2D eigenvalue weighted by Crippen LogP contribution is -2.49. The van der Waals surface area contributed by atoms with E-state index in [0.717, 1.165) is 31.7 Å². The highest BCUT2D eigenvalue weighted by atomic mass is 16.5. The van der Waals surface area contributed by atoms with Crippen molar-refractivity contribution in [2.75, 3.05) is 19.6 Å². The van der Waals surface area contributed by atoms with Gasteiger partial charge in [-0.25, -0.2) is 0 Å². The first-order valence-corrected chi connectivity index (χ1v) is 6.84. The fourth-order valence-corrected chi connectivity index (χ4v) is 2.36. The Balaban J connectivity index is 1.55. The van der Waals surface area contributed by atoms with Crippen LogP contribution in [0.3, 0.4) is 0 Å². The molecule has 0 radical (unpaired) electrons. The van der Waals surface area contributed by atoms with Crippen LogP contribution < -0.4 is 10.6 Å². The highest BCUT2D eigenvalue weighted by molar-refractivity contribution is 5.92. The number of nitrogens with zero attached hydrogens (tertiary/aromatic N) is 1. The van der Waals surface area contributed by atoms with E-state index in [1.54, 1.807) is 6.07 Å². The maximum Gasteiger partial charge on any atom is 0.273 e. The molecule has 6 nitrogen and oxygen atoms in total. The van der Waals surface area contributed by atoms with E-state index >= 15 is 0 Å². The van der Waals surface area contributed by atoms with Gasteiger partial charge < -0.3 is 20.3 Å². The Bertz CT molecular complexity index is 461. The van der Waals surface area contributed by atoms with Crippen molar-refractivity contribution in [3.63, 3.8) is 0 Å². The maximum absolute atomic E-state index is 11.9. The van der Waals surface area contributed by atoms with Gasteiger partial charge >= 0.3 is 0 Å². The molecule has 104 valence electrons. The number of hydrogen-bond acceptors (Lipinski definition) is 5. The van der Waals surface area contributed by atoms with Crippen molar-refractivity contribution in [2.24, 2.45) is 0 Å². The number of aliphatic hydroxyl groups is 1. The van der Waals surface area contributed by atoms with Crippen LogP contribution in [-0.2, 0) is 0 Å². The minimum Gasteiger partial charge on any atom is -0.388 e. The lowest BCUT2D eigenvalue weighted by atomic mass is 9.92. The van der Waals surface area contributed by atoms with Gasteiger partial charge in [-0.3, -0.25) is 4.79 Å². The fourth-order valence-electron chi connectivity index (χ4n) is 2.36. The summed E-state index contributed by atoms with van der Waals surface area (Å²) < 4.78 is 5.14. The molecule has 0 aromatic carbocycles. The molecule has 1 aromatic rings. The Morgan fingerprint density at radius 3 is 2.95 bits per heavy atom. The average molecular weight is 265 g/mol. The Morgan fingerprint density at radius 2 is 2.26 bits per heavy atom. The number of aromatic nitrogens is 1. The second-order valence-corrected chi connectivity index (χ2v) is 5.55. The minimum atomic E-state index is -0.802. The van der Waals surface area contributed by atoms with Crippen LogP contribution in [0.5, 0.6) is 0 Å². The molecule has 1 saturated carbocycles. The van der Waals surface area contributed by atoms with E-state index in [-0.39, 0.29) is 12.5 Å². The normalized spacial score (nSPS) is 22.2. The highest BCUT2D eigenvalue weighted by Gasteiger charge is 2.31. The van der Waals surface area contributed by atoms with Gasteiger partial charge in [0.1, 0.15) is 5.76 Å². The Labute approximate surface area is 111 Å². The van der Waals surface area contributed by atoms with Gasteiger partial charge in [0.05, 0.1) is 5.60 Å². The highest BCUT2D eigenvalue weighted by Crippen LogP contribution is 2.40. The number of piperidine rings is 1. The summed E-state index contributed by atoms with van der Waals surface area (Å²) in [5, 5.41) is 20.0. The first-order chi connectivity index (χ1) is 9.16. The summed E-state index contributed by atoms with van der Waals surface area (Å²) in [7, 11) is 0. The zero-order valence-corrected chi connectivity index (χ0v) is 10.8. The topological polar surface area (TPSA) is 87.4 Å². The van der Waals surface area contributed by atoms with E-state index in [2.05, 4.69) is 15.8 Å². The number of carbonyl (C=O) groups excluding carboxylic acids is 1. The first kappa shape index (κ1) is 12.6. The molecule has 1 aromatic heterocycles. The quantitative estimate of drug-likeness (QED) is 0.733. The lowest BCUT2D eigenvalue weighted by molar-refractivity contribution is 0.0112. The molecule has 3 N–H and O–H groups in total. The third kappa shape index (κ3) is 2.96. The van der Waals surface area contributed by atoms with Crippen LogP contribution in [0.25, 0.3) is 0 Å². The number of amides is 1. The van der Waals surface area contributed by atoms with Crippen LogP contribution in [0.15, 0.2) is 10.6 Å². The third-order valence-electron chi connectivity index (χ3n) is 3.85. The largest absolute Gasteiger partial charge is 0.388 e. The molecule has 2 heterocycles. The molecular formula is C13H19N3O3. The van der Waals surface area contributed by atoms with Gasteiger partial charge in [0.15, 0.2) is 5.69 Å². The fraction of sp³-hybridized carbons (Fsp3) is 0.692. The van der Waals surface area contributed by atoms with E-state index in [9.17, 15) is 9.90 Å². The molecule has 1 aliphatic heterocycles. The van der Waals surface area contributed by atoms with Crippen molar-refractivity contribution >= 4 is 5.91 Å². The Kier molecular flexibility index (Phi) is 3.28. The number of nitrogens with one attached hydrogen (secondary N) is 2. The standard InChI is InChI=1S/C13H19N3O3/c17-12(10-7-11(19-16-10)9-1-2-9)15-8-13(18)3-5-14-6-4-13/h7,9,14,18H,1-6,8H2,(H,15,17). The predicted octanol–water partition coefficient (Wildman–Crippen LogP) is 0.396. The lowest BCUT2D eigenvalue weighted by Gasteiger charge is -2.32. The first-order valence-electron chi connectivity index (χ1n) is 6.84. The monoisotopic (exact) mass is 265 g/mol. The number of rotatable bonds is 4. The Morgan fingerprint density at radius 1 is 1.53 bits per heavy atom. The molecule has 0 unspecified atom stereocenters. The van der Waals surface area contributed by atoms with Crippen molar-refractivity contribution in [3.8, 4) is 0 Å². The zero-order chi connectivity index (χ0) is 13.3. The van der Waals surface area contributed by atoms with E-state index in [1.807, 2.05) is 0 Å². The van der Waals surface area contributed by atoms with Gasteiger partial charge in [-0.1, -0.05) is 5.16 Å². The van der Waals surface area contributed by atoms with E-state index in [0.29, 0.717) is 24.5 Å². The maximum atomic E-state index is 11.9. The SMILES string of the molecule is O=C(NCC1(O)CCNCC1)c1cc(C2CC2)on1. The molecule has 0 bridgehead atoms. The van der Waals surface area contributed by atoms with Crippen LogP contribution >= 0.6 is 0 Å². The molecule has 0 spiro atoms. The van der Waals surface area contributed by atoms with E-state index < -0.39 is 5.60 Å². The molecule has 19 heavy (non-hydrogen) atoms. The summed E-state index contributed by atoms with van der Waals surface area (Å²) in [5.74, 6) is 0.969. The van der Waals surface area contributed by atoms with Crippen LogP contribution in [-0.4, -0.2) is 41.4 Å². The number of hydrogen-bond donors (Lipinski definition) is 3. The van der Waals surface area contributed by atoms with Gasteiger partial charge in [0, 0.05) is 18.5 Å². The average Bonchev–Trinajstić information content (AvgIpc) is 3.15. The summed E-state index contributed by atoms with van der Waals surface area (Å²) >= 11 is 0. The Hall–Kier alpha value is -1.40. The summed E-state index contributed by atoms with van der Waals surface area (Å²) in [6, 6.07) is 1.71. The van der Waals surface area contributed by atoms with E-state index in [4.69, 9.17) is 4.52 Å². The molecule has 2 fully saturated rings. The second-order valence-electron chi connectivity index (χ2n) is 5.55. The van der Waals surface area contributed by atoms with Crippen LogP contribution in [0.1, 0.15) is 47.8 Å². The molecule has 1 amide bonds. The minimum absolute atomic E-state index is 0.263. The van der Waals surface area contributed by atoms with Gasteiger partial charge in [-0.15, -0.1) is 0 Å². The molecular weight excluding hydrogens is 246 g/mol. The smallest absolute Gasteiger partial charge is 0.273 e. The molecule has 3 rings (SSSR count). The molecule has 6 heteroatoms. The molecule has 1 saturated heterocycles. The van der Waals surface area contributed by atoms with Gasteiger partial charge in [0.2, 0.25) is 0 Å². The predicted molar refractivity (Wildman–Crippen MR) is 67.9 cm³/mol. The zero-order valence-electron chi connectivity index (χ0n) is 10.8. The van der Waals surface area contributed by atoms with Crippen LogP contribution in [0.2, 0.25) is 0 Å². The van der Waals surface area contributed by atoms with Crippen LogP contribution in [0.4, 0.5) is 0 Å². The van der Waals surface area contributed by atoms with Crippen LogP contribution in [0, 0.1) is 0 Å². The second kappa shape index (κ2) is 4.94. The summed E-state index contributed by atoms with van der Waals surface area (Å²) in [5.41, 5.74) is -0.497. The third-order valence-corrected chi connectivity index (χ3v) is 3.85. The summed E-state index contributed by atoms with van der Waals surface area (Å²) in [6.45, 7) is 1.82. The molecule has 1 aliphatic carbocycles. The van der Waals surface area contributed by atoms with Gasteiger partial charge in [-0.05, 0) is 38.8 Å². The van der Waals surface area contributed by atoms with Gasteiger partial charge in [-0.2, -0.15) is 0 Å². The summed E-state index contributed by atoms with van der Waals surface area (Å²) in [6.07, 6.45) is 3.53. The molecule has 0 atom stereocenters. The number of carbonyl (C=O) groups is 1. The molecule has 2 aliphatic rings. The van der Waals surface area contributed by atoms with Crippen molar-refractivity contribution in [3.05, 3.63) is 17.5 Å². The van der Waals surface area contributed by atoms with Crippen molar-refractivity contribution in [2.45, 2.75) is 37.2 Å². The van der Waals surface area contributed by atoms with Crippen molar-refractivity contribution in [1.82, 2.24) is 15.8 Å².